The van der Waals surface area contributed by atoms with Crippen molar-refractivity contribution in [3.8, 4) is 0 Å². The number of hydrogen-bond donors (Lipinski definition) is 2. The fraction of sp³-hybridized carbons (Fsp3) is 0.619. The van der Waals surface area contributed by atoms with Crippen molar-refractivity contribution in [3.63, 3.8) is 0 Å². The molecule has 1 amide bonds. The second-order valence-corrected chi connectivity index (χ2v) is 7.27. The second-order valence-electron chi connectivity index (χ2n) is 7.27. The predicted octanol–water partition coefficient (Wildman–Crippen LogP) is 2.32. The van der Waals surface area contributed by atoms with Gasteiger partial charge in [-0.25, -0.2) is 4.99 Å². The summed E-state index contributed by atoms with van der Waals surface area (Å²) in [5.74, 6) is 0.870. The molecule has 1 heterocycles. The number of rotatable bonds is 7. The molecule has 0 radical (unpaired) electrons. The zero-order chi connectivity index (χ0) is 19.5. The lowest BCUT2D eigenvalue weighted by Crippen LogP contribution is -2.41. The minimum Gasteiger partial charge on any atom is -0.357 e. The molecule has 0 spiro atoms. The molecule has 1 fully saturated rings. The third-order valence-corrected chi connectivity index (χ3v) is 4.79. The smallest absolute Gasteiger partial charge is 0.253 e. The molecule has 1 aliphatic heterocycles. The normalized spacial score (nSPS) is 15.9. The van der Waals surface area contributed by atoms with Crippen molar-refractivity contribution in [2.75, 3.05) is 46.8 Å². The first-order valence-corrected chi connectivity index (χ1v) is 10.1. The number of amides is 1. The van der Waals surface area contributed by atoms with E-state index < -0.39 is 0 Å². The molecule has 1 aromatic rings. The third-order valence-electron chi connectivity index (χ3n) is 4.79. The molecule has 0 aromatic heterocycles. The lowest BCUT2D eigenvalue weighted by molar-refractivity contribution is 0.0827. The highest BCUT2D eigenvalue weighted by Gasteiger charge is 2.09. The van der Waals surface area contributed by atoms with Gasteiger partial charge in [-0.05, 0) is 50.6 Å². The predicted molar refractivity (Wildman–Crippen MR) is 112 cm³/mol. The van der Waals surface area contributed by atoms with E-state index in [4.69, 9.17) is 0 Å². The van der Waals surface area contributed by atoms with Crippen molar-refractivity contribution in [1.82, 2.24) is 20.4 Å². The van der Waals surface area contributed by atoms with Crippen molar-refractivity contribution >= 4 is 11.9 Å². The monoisotopic (exact) mass is 373 g/mol. The summed E-state index contributed by atoms with van der Waals surface area (Å²) in [6, 6.07) is 7.68. The van der Waals surface area contributed by atoms with E-state index >= 15 is 0 Å². The fourth-order valence-electron chi connectivity index (χ4n) is 3.22. The summed E-state index contributed by atoms with van der Waals surface area (Å²) in [7, 11) is 3.53. The Labute approximate surface area is 164 Å². The number of nitrogens with one attached hydrogen (secondary N) is 2. The molecule has 0 aliphatic carbocycles. The van der Waals surface area contributed by atoms with Crippen LogP contribution in [0.3, 0.4) is 0 Å². The van der Waals surface area contributed by atoms with Crippen LogP contribution in [0.1, 0.15) is 48.5 Å². The Morgan fingerprint density at radius 1 is 1.07 bits per heavy atom. The van der Waals surface area contributed by atoms with Gasteiger partial charge >= 0.3 is 0 Å². The minimum absolute atomic E-state index is 0.0218. The highest BCUT2D eigenvalue weighted by molar-refractivity contribution is 5.93. The number of carbonyl (C=O) groups excluding carboxylic acids is 1. The summed E-state index contributed by atoms with van der Waals surface area (Å²) in [5.41, 5.74) is 1.80. The van der Waals surface area contributed by atoms with Gasteiger partial charge in [0, 0.05) is 39.3 Å². The maximum atomic E-state index is 12.0. The summed E-state index contributed by atoms with van der Waals surface area (Å²) in [5, 5.41) is 6.75. The number of guanidine groups is 1. The first-order chi connectivity index (χ1) is 13.1. The summed E-state index contributed by atoms with van der Waals surface area (Å²) >= 11 is 0. The highest BCUT2D eigenvalue weighted by atomic mass is 16.2. The van der Waals surface area contributed by atoms with Gasteiger partial charge in [-0.15, -0.1) is 0 Å². The van der Waals surface area contributed by atoms with Gasteiger partial charge in [-0.2, -0.15) is 0 Å². The number of aliphatic imine (C=N–C) groups is 1. The number of hydrogen-bond acceptors (Lipinski definition) is 3. The van der Waals surface area contributed by atoms with E-state index in [0.717, 1.165) is 31.2 Å². The van der Waals surface area contributed by atoms with Crippen LogP contribution >= 0.6 is 0 Å². The van der Waals surface area contributed by atoms with Gasteiger partial charge in [0.1, 0.15) is 0 Å². The SMILES string of the molecule is CCNC(=NCc1ccc(C(=O)N(C)C)cc1)NCCN1CCCCCC1. The van der Waals surface area contributed by atoms with Crippen LogP contribution < -0.4 is 10.6 Å². The molecule has 2 rings (SSSR count). The van der Waals surface area contributed by atoms with E-state index in [0.29, 0.717) is 12.1 Å². The van der Waals surface area contributed by atoms with Crippen LogP contribution in [-0.2, 0) is 6.54 Å². The van der Waals surface area contributed by atoms with E-state index in [1.165, 1.54) is 38.8 Å². The molecule has 6 heteroatoms. The maximum Gasteiger partial charge on any atom is 0.253 e. The molecule has 0 saturated carbocycles. The van der Waals surface area contributed by atoms with Crippen LogP contribution in [0, 0.1) is 0 Å². The molecule has 0 unspecified atom stereocenters. The second kappa shape index (κ2) is 11.6. The maximum absolute atomic E-state index is 12.0. The Hall–Kier alpha value is -2.08. The van der Waals surface area contributed by atoms with Crippen LogP contribution in [-0.4, -0.2) is 68.5 Å². The molecule has 1 saturated heterocycles. The van der Waals surface area contributed by atoms with E-state index in [9.17, 15) is 4.79 Å². The number of benzene rings is 1. The summed E-state index contributed by atoms with van der Waals surface area (Å²) in [6.45, 7) is 7.91. The van der Waals surface area contributed by atoms with Crippen LogP contribution in [0.4, 0.5) is 0 Å². The van der Waals surface area contributed by atoms with E-state index in [2.05, 4.69) is 27.4 Å². The summed E-state index contributed by atoms with van der Waals surface area (Å²) in [4.78, 5) is 20.8. The summed E-state index contributed by atoms with van der Waals surface area (Å²) < 4.78 is 0. The lowest BCUT2D eigenvalue weighted by atomic mass is 10.1. The van der Waals surface area contributed by atoms with Gasteiger partial charge in [0.2, 0.25) is 0 Å². The Kier molecular flexibility index (Phi) is 9.11. The molecule has 27 heavy (non-hydrogen) atoms. The zero-order valence-electron chi connectivity index (χ0n) is 17.1. The highest BCUT2D eigenvalue weighted by Crippen LogP contribution is 2.09. The van der Waals surface area contributed by atoms with E-state index in [-0.39, 0.29) is 5.91 Å². The van der Waals surface area contributed by atoms with Crippen LogP contribution in [0.2, 0.25) is 0 Å². The fourth-order valence-corrected chi connectivity index (χ4v) is 3.22. The van der Waals surface area contributed by atoms with Crippen molar-refractivity contribution < 1.29 is 4.79 Å². The van der Waals surface area contributed by atoms with E-state index in [1.54, 1.807) is 19.0 Å². The van der Waals surface area contributed by atoms with Crippen molar-refractivity contribution in [2.24, 2.45) is 4.99 Å². The summed E-state index contributed by atoms with van der Waals surface area (Å²) in [6.07, 6.45) is 5.38. The van der Waals surface area contributed by atoms with Gasteiger partial charge in [0.25, 0.3) is 5.91 Å². The first kappa shape index (κ1) is 21.2. The zero-order valence-corrected chi connectivity index (χ0v) is 17.1. The molecule has 6 nitrogen and oxygen atoms in total. The van der Waals surface area contributed by atoms with Crippen molar-refractivity contribution in [2.45, 2.75) is 39.2 Å². The van der Waals surface area contributed by atoms with Crippen LogP contribution in [0.5, 0.6) is 0 Å². The Morgan fingerprint density at radius 3 is 2.33 bits per heavy atom. The topological polar surface area (TPSA) is 60.0 Å². The molecule has 150 valence electrons. The standard InChI is InChI=1S/C21H35N5O/c1-4-22-21(23-13-16-26-14-7-5-6-8-15-26)24-17-18-9-11-19(12-10-18)20(27)25(2)3/h9-12H,4-8,13-17H2,1-3H3,(H2,22,23,24). The quantitative estimate of drug-likeness (QED) is 0.569. The number of likely N-dealkylation sites (tertiary alicyclic amines) is 1. The molecule has 1 aliphatic rings. The molecular formula is C21H35N5O. The van der Waals surface area contributed by atoms with E-state index in [1.807, 2.05) is 24.3 Å². The molecule has 0 atom stereocenters. The van der Waals surface area contributed by atoms with Gasteiger partial charge in [-0.1, -0.05) is 25.0 Å². The third kappa shape index (κ3) is 7.59. The Bertz CT molecular complexity index is 589. The van der Waals surface area contributed by atoms with Crippen molar-refractivity contribution in [1.29, 1.82) is 0 Å². The van der Waals surface area contributed by atoms with Crippen LogP contribution in [0.25, 0.3) is 0 Å². The molecular weight excluding hydrogens is 338 g/mol. The number of carbonyl (C=O) groups is 1. The molecule has 2 N–H and O–H groups in total. The average molecular weight is 374 g/mol. The molecule has 0 bridgehead atoms. The van der Waals surface area contributed by atoms with Crippen molar-refractivity contribution in [3.05, 3.63) is 35.4 Å². The number of nitrogens with zero attached hydrogens (tertiary/aromatic N) is 3. The first-order valence-electron chi connectivity index (χ1n) is 10.1. The van der Waals surface area contributed by atoms with Gasteiger partial charge in [0.05, 0.1) is 6.54 Å². The largest absolute Gasteiger partial charge is 0.357 e. The lowest BCUT2D eigenvalue weighted by Gasteiger charge is -2.20. The van der Waals surface area contributed by atoms with Gasteiger partial charge in [0.15, 0.2) is 5.96 Å². The van der Waals surface area contributed by atoms with Crippen LogP contribution in [0.15, 0.2) is 29.3 Å². The minimum atomic E-state index is 0.0218. The Balaban J connectivity index is 1.84. The van der Waals surface area contributed by atoms with Gasteiger partial charge < -0.3 is 20.4 Å². The average Bonchev–Trinajstić information content (AvgIpc) is 2.94. The molecule has 1 aromatic carbocycles. The Morgan fingerprint density at radius 2 is 1.74 bits per heavy atom. The van der Waals surface area contributed by atoms with Gasteiger partial charge in [-0.3, -0.25) is 4.79 Å².